The Labute approximate surface area is 171 Å². The quantitative estimate of drug-likeness (QED) is 0.679. The molecule has 2 atom stereocenters. The number of halogens is 3. The van der Waals surface area contributed by atoms with Crippen LogP contribution in [-0.2, 0) is 23.7 Å². The third-order valence-corrected chi connectivity index (χ3v) is 5.99. The summed E-state index contributed by atoms with van der Waals surface area (Å²) in [6.07, 6.45) is -4.69. The summed E-state index contributed by atoms with van der Waals surface area (Å²) in [6, 6.07) is 4.81. The molecule has 29 heavy (non-hydrogen) atoms. The molecule has 3 rings (SSSR count). The van der Waals surface area contributed by atoms with Gasteiger partial charge in [-0.05, 0) is 33.8 Å². The van der Waals surface area contributed by atoms with Gasteiger partial charge in [-0.15, -0.1) is 0 Å². The van der Waals surface area contributed by atoms with Crippen LogP contribution in [-0.4, -0.2) is 36.1 Å². The van der Waals surface area contributed by atoms with Crippen LogP contribution in [0.5, 0.6) is 5.75 Å². The molecule has 0 saturated carbocycles. The fourth-order valence-corrected chi connectivity index (χ4v) is 3.95. The zero-order valence-electron chi connectivity index (χ0n) is 17.3. The van der Waals surface area contributed by atoms with Crippen molar-refractivity contribution in [1.29, 1.82) is 0 Å². The molecule has 0 aliphatic carbocycles. The molecule has 1 aromatic carbocycles. The molecular weight excluding hydrogens is 407 g/mol. The number of ether oxygens (including phenoxy) is 1. The maximum absolute atomic E-state index is 12.8. The van der Waals surface area contributed by atoms with Crippen LogP contribution in [0.3, 0.4) is 0 Å². The number of hydrogen-bond donors (Lipinski definition) is 0. The van der Waals surface area contributed by atoms with Crippen molar-refractivity contribution in [1.82, 2.24) is 14.4 Å². The largest absolute Gasteiger partial charge is 0.492 e. The molecule has 162 valence electrons. The van der Waals surface area contributed by atoms with Crippen LogP contribution < -0.4 is 4.74 Å². The highest BCUT2D eigenvalue weighted by atomic mass is 32.2. The minimum atomic E-state index is -4.69. The van der Waals surface area contributed by atoms with Crippen LogP contribution in [0, 0.1) is 0 Å². The molecule has 0 amide bonds. The van der Waals surface area contributed by atoms with Crippen molar-refractivity contribution in [2.45, 2.75) is 65.1 Å². The average molecular weight is 433 g/mol. The van der Waals surface area contributed by atoms with Crippen LogP contribution >= 0.6 is 0 Å². The number of alkyl halides is 3. The van der Waals surface area contributed by atoms with Gasteiger partial charge in [0.25, 0.3) is 0 Å². The molecule has 2 unspecified atom stereocenters. The van der Waals surface area contributed by atoms with Gasteiger partial charge in [0.1, 0.15) is 23.3 Å². The van der Waals surface area contributed by atoms with Crippen LogP contribution in [0.25, 0.3) is 11.4 Å². The van der Waals surface area contributed by atoms with Gasteiger partial charge in [0.2, 0.25) is 5.82 Å². The summed E-state index contributed by atoms with van der Waals surface area (Å²) in [7, 11) is -1.23. The van der Waals surface area contributed by atoms with E-state index in [-0.39, 0.29) is 11.9 Å². The van der Waals surface area contributed by atoms with Crippen molar-refractivity contribution in [3.05, 3.63) is 29.7 Å². The highest BCUT2D eigenvalue weighted by Crippen LogP contribution is 2.33. The van der Waals surface area contributed by atoms with Crippen molar-refractivity contribution in [3.63, 3.8) is 0 Å². The molecule has 0 fully saturated rings. The van der Waals surface area contributed by atoms with E-state index in [9.17, 15) is 17.4 Å². The molecule has 0 radical (unpaired) electrons. The molecule has 1 aliphatic rings. The second kappa shape index (κ2) is 8.83. The number of benzene rings is 1. The Hall–Kier alpha value is -1.94. The Morgan fingerprint density at radius 1 is 1.21 bits per heavy atom. The molecule has 2 heterocycles. The Balaban J connectivity index is 0.00000145. The molecule has 1 aromatic heterocycles. The second-order valence-corrected chi connectivity index (χ2v) is 9.53. The van der Waals surface area contributed by atoms with E-state index < -0.39 is 27.8 Å². The predicted molar refractivity (Wildman–Crippen MR) is 104 cm³/mol. The SMILES string of the molecule is CC.CC1COc2cc(-c3noc(C(F)(F)F)n3)ccc2CN1S(=O)C(C)(C)C. The minimum Gasteiger partial charge on any atom is -0.492 e. The third kappa shape index (κ3) is 5.36. The normalized spacial score (nSPS) is 18.7. The highest BCUT2D eigenvalue weighted by Gasteiger charge is 2.38. The van der Waals surface area contributed by atoms with E-state index in [1.807, 2.05) is 45.8 Å². The Morgan fingerprint density at radius 3 is 2.41 bits per heavy atom. The van der Waals surface area contributed by atoms with Gasteiger partial charge in [-0.1, -0.05) is 31.1 Å². The lowest BCUT2D eigenvalue weighted by molar-refractivity contribution is -0.159. The lowest BCUT2D eigenvalue weighted by Gasteiger charge is -2.31. The van der Waals surface area contributed by atoms with Crippen molar-refractivity contribution < 1.29 is 26.6 Å². The van der Waals surface area contributed by atoms with E-state index in [4.69, 9.17) is 4.74 Å². The maximum atomic E-state index is 12.8. The summed E-state index contributed by atoms with van der Waals surface area (Å²) >= 11 is 0. The van der Waals surface area contributed by atoms with Crippen LogP contribution in [0.4, 0.5) is 13.2 Å². The molecule has 10 heteroatoms. The van der Waals surface area contributed by atoms with Crippen molar-refractivity contribution in [2.24, 2.45) is 0 Å². The first-order chi connectivity index (χ1) is 13.5. The zero-order valence-corrected chi connectivity index (χ0v) is 18.1. The first-order valence-corrected chi connectivity index (χ1v) is 10.4. The second-order valence-electron chi connectivity index (χ2n) is 7.34. The Morgan fingerprint density at radius 2 is 1.86 bits per heavy atom. The molecule has 2 aromatic rings. The summed E-state index contributed by atoms with van der Waals surface area (Å²) in [6.45, 7) is 12.3. The van der Waals surface area contributed by atoms with Crippen LogP contribution in [0.2, 0.25) is 0 Å². The summed E-state index contributed by atoms with van der Waals surface area (Å²) in [5.74, 6) is -1.05. The van der Waals surface area contributed by atoms with Crippen LogP contribution in [0.1, 0.15) is 53.0 Å². The lowest BCUT2D eigenvalue weighted by Crippen LogP contribution is -2.43. The monoisotopic (exact) mass is 433 g/mol. The molecule has 6 nitrogen and oxygen atoms in total. The van der Waals surface area contributed by atoms with Gasteiger partial charge in [-0.25, -0.2) is 8.51 Å². The maximum Gasteiger partial charge on any atom is 0.471 e. The first-order valence-electron chi connectivity index (χ1n) is 9.32. The van der Waals surface area contributed by atoms with Gasteiger partial charge in [0.15, 0.2) is 0 Å². The first kappa shape index (κ1) is 23.3. The predicted octanol–water partition coefficient (Wildman–Crippen LogP) is 4.83. The summed E-state index contributed by atoms with van der Waals surface area (Å²) < 4.78 is 62.3. The van der Waals surface area contributed by atoms with E-state index >= 15 is 0 Å². The van der Waals surface area contributed by atoms with Gasteiger partial charge >= 0.3 is 12.1 Å². The van der Waals surface area contributed by atoms with Crippen LogP contribution in [0.15, 0.2) is 22.7 Å². The standard InChI is InChI=1S/C17H20F3N3O3S.C2H6/c1-10-9-25-13-7-11(14-21-15(26-22-14)17(18,19)20)5-6-12(13)8-23(10)27(24)16(2,3)4;1-2/h5-7,10H,8-9H2,1-4H3;1-2H3. The van der Waals surface area contributed by atoms with Gasteiger partial charge in [0, 0.05) is 17.7 Å². The molecule has 0 saturated heterocycles. The average Bonchev–Trinajstić information content (AvgIpc) is 3.09. The van der Waals surface area contributed by atoms with Gasteiger partial charge in [-0.3, -0.25) is 0 Å². The summed E-state index contributed by atoms with van der Waals surface area (Å²) in [5.41, 5.74) is 1.14. The summed E-state index contributed by atoms with van der Waals surface area (Å²) in [4.78, 5) is 3.40. The fourth-order valence-electron chi connectivity index (χ4n) is 2.61. The van der Waals surface area contributed by atoms with E-state index in [0.29, 0.717) is 24.5 Å². The molecule has 0 spiro atoms. The zero-order chi connectivity index (χ0) is 22.0. The minimum absolute atomic E-state index is 0.0945. The Bertz CT molecular complexity index is 862. The van der Waals surface area contributed by atoms with Gasteiger partial charge < -0.3 is 9.26 Å². The number of nitrogens with zero attached hydrogens (tertiary/aromatic N) is 3. The fraction of sp³-hybridized carbons (Fsp3) is 0.579. The smallest absolute Gasteiger partial charge is 0.471 e. The van der Waals surface area contributed by atoms with E-state index in [0.717, 1.165) is 5.56 Å². The van der Waals surface area contributed by atoms with E-state index in [1.54, 1.807) is 18.2 Å². The molecule has 0 N–H and O–H groups in total. The molecule has 1 aliphatic heterocycles. The van der Waals surface area contributed by atoms with E-state index in [1.165, 1.54) is 0 Å². The number of hydrogen-bond acceptors (Lipinski definition) is 5. The van der Waals surface area contributed by atoms with Gasteiger partial charge in [-0.2, -0.15) is 18.2 Å². The van der Waals surface area contributed by atoms with E-state index in [2.05, 4.69) is 14.7 Å². The molecular formula is C19H26F3N3O3S. The van der Waals surface area contributed by atoms with Crippen molar-refractivity contribution >= 4 is 11.0 Å². The van der Waals surface area contributed by atoms with Crippen molar-refractivity contribution in [3.8, 4) is 17.1 Å². The number of fused-ring (bicyclic) bond motifs is 1. The number of rotatable bonds is 2. The summed E-state index contributed by atoms with van der Waals surface area (Å²) in [5, 5.41) is 3.39. The third-order valence-electron chi connectivity index (χ3n) is 4.03. The van der Waals surface area contributed by atoms with Crippen molar-refractivity contribution in [2.75, 3.05) is 6.61 Å². The molecule has 0 bridgehead atoms. The Kier molecular flexibility index (Phi) is 7.10. The van der Waals surface area contributed by atoms with Gasteiger partial charge in [0.05, 0.1) is 10.8 Å². The topological polar surface area (TPSA) is 68.5 Å². The lowest BCUT2D eigenvalue weighted by atomic mass is 10.1. The highest BCUT2D eigenvalue weighted by molar-refractivity contribution is 7.84. The number of aromatic nitrogens is 2.